The number of rotatable bonds is 8. The molecule has 1 aromatic rings. The van der Waals surface area contributed by atoms with Crippen molar-refractivity contribution in [2.24, 2.45) is 5.41 Å². The van der Waals surface area contributed by atoms with Crippen molar-refractivity contribution in [3.8, 4) is 6.07 Å². The molecule has 0 unspecified atom stereocenters. The Morgan fingerprint density at radius 2 is 2.05 bits per heavy atom. The topological polar surface area (TPSA) is 65.8 Å². The van der Waals surface area contributed by atoms with E-state index in [1.54, 1.807) is 11.3 Å². The highest BCUT2D eigenvalue weighted by molar-refractivity contribution is 7.11. The van der Waals surface area contributed by atoms with Crippen LogP contribution in [0.1, 0.15) is 56.3 Å². The summed E-state index contributed by atoms with van der Waals surface area (Å²) in [5.74, 6) is -0.156. The van der Waals surface area contributed by atoms with Crippen molar-refractivity contribution in [2.75, 3.05) is 0 Å². The van der Waals surface area contributed by atoms with Gasteiger partial charge in [0, 0.05) is 11.1 Å². The van der Waals surface area contributed by atoms with E-state index in [0.717, 1.165) is 24.3 Å². The van der Waals surface area contributed by atoms with E-state index >= 15 is 0 Å². The van der Waals surface area contributed by atoms with Crippen molar-refractivity contribution in [3.63, 3.8) is 0 Å². The van der Waals surface area contributed by atoms with E-state index in [2.05, 4.69) is 23.3 Å². The third kappa shape index (κ3) is 4.04. The molecule has 0 atom stereocenters. The molecule has 0 aromatic carbocycles. The maximum Gasteiger partial charge on any atom is 0.240 e. The van der Waals surface area contributed by atoms with Gasteiger partial charge in [-0.05, 0) is 19.3 Å². The fraction of sp³-hybridized carbons (Fsp3) is 0.667. The summed E-state index contributed by atoms with van der Waals surface area (Å²) in [4.78, 5) is 17.9. The molecule has 0 bridgehead atoms. The van der Waals surface area contributed by atoms with Crippen LogP contribution in [0.4, 0.5) is 0 Å². The quantitative estimate of drug-likeness (QED) is 0.798. The second-order valence-electron chi connectivity index (χ2n) is 4.95. The first-order valence-electron chi connectivity index (χ1n) is 7.25. The number of amides is 1. The summed E-state index contributed by atoms with van der Waals surface area (Å²) in [5.41, 5.74) is -0.881. The van der Waals surface area contributed by atoms with Crippen LogP contribution in [0.15, 0.2) is 6.20 Å². The summed E-state index contributed by atoms with van der Waals surface area (Å²) in [6, 6.07) is 2.24. The van der Waals surface area contributed by atoms with Crippen LogP contribution in [0.2, 0.25) is 0 Å². The lowest BCUT2D eigenvalue weighted by Gasteiger charge is -2.24. The monoisotopic (exact) mass is 293 g/mol. The molecule has 1 N–H and O–H groups in total. The molecule has 0 radical (unpaired) electrons. The van der Waals surface area contributed by atoms with Gasteiger partial charge in [-0.2, -0.15) is 5.26 Å². The molecular formula is C15H23N3OS. The molecule has 110 valence electrons. The number of nitrogens with one attached hydrogen (secondary N) is 1. The molecule has 1 aromatic heterocycles. The molecule has 20 heavy (non-hydrogen) atoms. The average Bonchev–Trinajstić information content (AvgIpc) is 2.92. The van der Waals surface area contributed by atoms with Crippen molar-refractivity contribution in [2.45, 2.75) is 59.4 Å². The van der Waals surface area contributed by atoms with E-state index in [4.69, 9.17) is 0 Å². The Morgan fingerprint density at radius 1 is 1.40 bits per heavy atom. The second kappa shape index (κ2) is 8.01. The minimum atomic E-state index is -0.881. The molecule has 5 heteroatoms. The highest BCUT2D eigenvalue weighted by atomic mass is 32.1. The van der Waals surface area contributed by atoms with Gasteiger partial charge in [0.15, 0.2) is 0 Å². The first kappa shape index (κ1) is 16.6. The summed E-state index contributed by atoms with van der Waals surface area (Å²) in [6.07, 6.45) is 5.69. The lowest BCUT2D eigenvalue weighted by atomic mass is 9.80. The second-order valence-corrected chi connectivity index (χ2v) is 6.15. The first-order chi connectivity index (χ1) is 9.61. The van der Waals surface area contributed by atoms with Crippen molar-refractivity contribution in [1.82, 2.24) is 10.3 Å². The van der Waals surface area contributed by atoms with Gasteiger partial charge in [-0.25, -0.2) is 4.98 Å². The Balaban J connectivity index is 2.68. The minimum Gasteiger partial charge on any atom is -0.348 e. The minimum absolute atomic E-state index is 0.156. The predicted octanol–water partition coefficient (Wildman–Crippen LogP) is 3.43. The van der Waals surface area contributed by atoms with Gasteiger partial charge in [0.2, 0.25) is 5.91 Å². The summed E-state index contributed by atoms with van der Waals surface area (Å²) in [6.45, 7) is 6.51. The molecule has 0 aliphatic rings. The predicted molar refractivity (Wildman–Crippen MR) is 81.2 cm³/mol. The molecule has 0 fully saturated rings. The Bertz CT molecular complexity index is 470. The van der Waals surface area contributed by atoms with E-state index in [-0.39, 0.29) is 5.91 Å². The zero-order chi connectivity index (χ0) is 15.0. The van der Waals surface area contributed by atoms with Crippen LogP contribution >= 0.6 is 11.3 Å². The van der Waals surface area contributed by atoms with Crippen LogP contribution < -0.4 is 5.32 Å². The van der Waals surface area contributed by atoms with Gasteiger partial charge < -0.3 is 5.32 Å². The van der Waals surface area contributed by atoms with E-state index in [9.17, 15) is 10.1 Å². The fourth-order valence-electron chi connectivity index (χ4n) is 2.29. The summed E-state index contributed by atoms with van der Waals surface area (Å²) < 4.78 is 0. The first-order valence-corrected chi connectivity index (χ1v) is 8.06. The molecule has 0 aliphatic heterocycles. The van der Waals surface area contributed by atoms with Crippen LogP contribution in [0.3, 0.4) is 0 Å². The van der Waals surface area contributed by atoms with Gasteiger partial charge in [0.1, 0.15) is 10.4 Å². The maximum absolute atomic E-state index is 12.4. The van der Waals surface area contributed by atoms with E-state index in [0.29, 0.717) is 19.4 Å². The van der Waals surface area contributed by atoms with Crippen LogP contribution in [0.25, 0.3) is 0 Å². The smallest absolute Gasteiger partial charge is 0.240 e. The molecule has 0 saturated heterocycles. The molecule has 1 heterocycles. The highest BCUT2D eigenvalue weighted by Crippen LogP contribution is 2.29. The standard InChI is InChI=1S/C15H23N3OS/c1-4-7-15(11-16,8-5-2)14(19)18-10-13-17-9-12(6-3)20-13/h9H,4-8,10H2,1-3H3,(H,18,19). The molecule has 0 aliphatic carbocycles. The fourth-order valence-corrected chi connectivity index (χ4v) is 3.09. The van der Waals surface area contributed by atoms with Crippen LogP contribution in [-0.2, 0) is 17.8 Å². The van der Waals surface area contributed by atoms with Gasteiger partial charge in [-0.3, -0.25) is 4.79 Å². The summed E-state index contributed by atoms with van der Waals surface area (Å²) in [5, 5.41) is 13.2. The molecule has 0 spiro atoms. The lowest BCUT2D eigenvalue weighted by molar-refractivity contribution is -0.129. The molecule has 1 rings (SSSR count). The van der Waals surface area contributed by atoms with Gasteiger partial charge in [-0.1, -0.05) is 33.6 Å². The summed E-state index contributed by atoms with van der Waals surface area (Å²) in [7, 11) is 0. The molecule has 0 saturated carbocycles. The molecule has 4 nitrogen and oxygen atoms in total. The lowest BCUT2D eigenvalue weighted by Crippen LogP contribution is -2.39. The van der Waals surface area contributed by atoms with Crippen LogP contribution in [-0.4, -0.2) is 10.9 Å². The Kier molecular flexibility index (Phi) is 6.66. The van der Waals surface area contributed by atoms with Crippen molar-refractivity contribution in [1.29, 1.82) is 5.26 Å². The number of thiazole rings is 1. The number of aromatic nitrogens is 1. The van der Waals surface area contributed by atoms with Crippen molar-refractivity contribution in [3.05, 3.63) is 16.1 Å². The normalized spacial score (nSPS) is 11.1. The van der Waals surface area contributed by atoms with Crippen LogP contribution in [0.5, 0.6) is 0 Å². The maximum atomic E-state index is 12.4. The van der Waals surface area contributed by atoms with Crippen molar-refractivity contribution >= 4 is 17.2 Å². The van der Waals surface area contributed by atoms with E-state index in [1.807, 2.05) is 20.0 Å². The van der Waals surface area contributed by atoms with Gasteiger partial charge in [0.05, 0.1) is 12.6 Å². The number of carbonyl (C=O) groups is 1. The Hall–Kier alpha value is -1.41. The largest absolute Gasteiger partial charge is 0.348 e. The molecule has 1 amide bonds. The number of hydrogen-bond donors (Lipinski definition) is 1. The number of hydrogen-bond acceptors (Lipinski definition) is 4. The number of aryl methyl sites for hydroxylation is 1. The zero-order valence-corrected chi connectivity index (χ0v) is 13.3. The van der Waals surface area contributed by atoms with Gasteiger partial charge in [0.25, 0.3) is 0 Å². The van der Waals surface area contributed by atoms with Gasteiger partial charge >= 0.3 is 0 Å². The number of carbonyl (C=O) groups excluding carboxylic acids is 1. The number of nitriles is 1. The number of nitrogens with zero attached hydrogens (tertiary/aromatic N) is 2. The van der Waals surface area contributed by atoms with E-state index < -0.39 is 5.41 Å². The Labute approximate surface area is 125 Å². The summed E-state index contributed by atoms with van der Waals surface area (Å²) >= 11 is 1.61. The van der Waals surface area contributed by atoms with E-state index in [1.165, 1.54) is 4.88 Å². The molecular weight excluding hydrogens is 270 g/mol. The van der Waals surface area contributed by atoms with Crippen molar-refractivity contribution < 1.29 is 4.79 Å². The third-order valence-electron chi connectivity index (χ3n) is 3.35. The van der Waals surface area contributed by atoms with Crippen LogP contribution in [0, 0.1) is 16.7 Å². The SMILES string of the molecule is CCCC(C#N)(CCC)C(=O)NCc1ncc(CC)s1. The zero-order valence-electron chi connectivity index (χ0n) is 12.5. The highest BCUT2D eigenvalue weighted by Gasteiger charge is 2.36. The Morgan fingerprint density at radius 3 is 2.50 bits per heavy atom. The average molecular weight is 293 g/mol. The third-order valence-corrected chi connectivity index (χ3v) is 4.49. The van der Waals surface area contributed by atoms with Gasteiger partial charge in [-0.15, -0.1) is 11.3 Å².